The molecule has 1 aliphatic carbocycles. The Bertz CT molecular complexity index is 1100. The third kappa shape index (κ3) is 3.26. The third-order valence-electron chi connectivity index (χ3n) is 5.04. The van der Waals surface area contributed by atoms with E-state index < -0.39 is 23.3 Å². The SMILES string of the molecule is O=C(CC1(c2ccccc2)CC1)Nn1nc(C(F)(F)F)c2ccccc2c1=O. The number of carbonyl (C=O) groups is 1. The van der Waals surface area contributed by atoms with E-state index in [4.69, 9.17) is 0 Å². The lowest BCUT2D eigenvalue weighted by molar-refractivity contribution is -0.141. The zero-order chi connectivity index (χ0) is 19.9. The molecule has 1 aliphatic rings. The van der Waals surface area contributed by atoms with Crippen molar-refractivity contribution in [2.24, 2.45) is 0 Å². The van der Waals surface area contributed by atoms with Crippen LogP contribution in [0.15, 0.2) is 59.4 Å². The van der Waals surface area contributed by atoms with Crippen LogP contribution in [0.4, 0.5) is 13.2 Å². The van der Waals surface area contributed by atoms with Crippen LogP contribution in [0, 0.1) is 0 Å². The molecular formula is C20H16F3N3O2. The zero-order valence-electron chi connectivity index (χ0n) is 14.7. The lowest BCUT2D eigenvalue weighted by Crippen LogP contribution is -2.38. The summed E-state index contributed by atoms with van der Waals surface area (Å²) < 4.78 is 40.1. The molecule has 2 aromatic carbocycles. The highest BCUT2D eigenvalue weighted by Gasteiger charge is 2.46. The second kappa shape index (κ2) is 6.47. The van der Waals surface area contributed by atoms with Crippen molar-refractivity contribution in [3.05, 3.63) is 76.2 Å². The summed E-state index contributed by atoms with van der Waals surface area (Å²) in [6.07, 6.45) is -3.09. The second-order valence-electron chi connectivity index (χ2n) is 6.97. The number of benzene rings is 2. The van der Waals surface area contributed by atoms with Gasteiger partial charge in [-0.25, -0.2) is 5.43 Å². The van der Waals surface area contributed by atoms with Gasteiger partial charge in [-0.05, 0) is 24.5 Å². The van der Waals surface area contributed by atoms with Crippen molar-refractivity contribution in [2.45, 2.75) is 30.9 Å². The number of aromatic nitrogens is 2. The fourth-order valence-electron chi connectivity index (χ4n) is 3.45. The van der Waals surface area contributed by atoms with E-state index in [9.17, 15) is 22.8 Å². The Kier molecular flexibility index (Phi) is 4.21. The first kappa shape index (κ1) is 18.2. The van der Waals surface area contributed by atoms with E-state index >= 15 is 0 Å². The molecule has 0 saturated heterocycles. The van der Waals surface area contributed by atoms with Gasteiger partial charge in [-0.3, -0.25) is 9.59 Å². The number of nitrogens with one attached hydrogen (secondary N) is 1. The van der Waals surface area contributed by atoms with Crippen LogP contribution in [0.5, 0.6) is 0 Å². The third-order valence-corrected chi connectivity index (χ3v) is 5.04. The molecule has 4 rings (SSSR count). The Morgan fingerprint density at radius 1 is 1.04 bits per heavy atom. The molecule has 0 bridgehead atoms. The molecule has 1 saturated carbocycles. The first-order valence-corrected chi connectivity index (χ1v) is 8.75. The maximum atomic E-state index is 13.4. The lowest BCUT2D eigenvalue weighted by atomic mass is 9.92. The molecule has 1 heterocycles. The first-order chi connectivity index (χ1) is 13.3. The molecule has 1 fully saturated rings. The number of hydrogen-bond acceptors (Lipinski definition) is 3. The minimum absolute atomic E-state index is 0.0688. The quantitative estimate of drug-likeness (QED) is 0.744. The van der Waals surface area contributed by atoms with E-state index in [1.54, 1.807) is 0 Å². The van der Waals surface area contributed by atoms with Crippen molar-refractivity contribution < 1.29 is 18.0 Å². The van der Waals surface area contributed by atoms with Crippen LogP contribution in [0.1, 0.15) is 30.5 Å². The summed E-state index contributed by atoms with van der Waals surface area (Å²) in [5.41, 5.74) is 0.880. The number of halogens is 3. The number of hydrogen-bond donors (Lipinski definition) is 1. The molecule has 0 atom stereocenters. The molecule has 144 valence electrons. The van der Waals surface area contributed by atoms with Gasteiger partial charge in [0.05, 0.1) is 5.39 Å². The highest BCUT2D eigenvalue weighted by molar-refractivity contribution is 5.87. The molecule has 3 aromatic rings. The van der Waals surface area contributed by atoms with E-state index in [0.717, 1.165) is 18.4 Å². The van der Waals surface area contributed by atoms with Gasteiger partial charge < -0.3 is 0 Å². The van der Waals surface area contributed by atoms with Crippen molar-refractivity contribution in [3.63, 3.8) is 0 Å². The first-order valence-electron chi connectivity index (χ1n) is 8.75. The molecule has 1 aromatic heterocycles. The Labute approximate surface area is 157 Å². The minimum Gasteiger partial charge on any atom is -0.273 e. The molecule has 0 aliphatic heterocycles. The maximum Gasteiger partial charge on any atom is 0.435 e. The summed E-state index contributed by atoms with van der Waals surface area (Å²) >= 11 is 0. The summed E-state index contributed by atoms with van der Waals surface area (Å²) in [7, 11) is 0. The number of amides is 1. The number of nitrogens with zero attached hydrogens (tertiary/aromatic N) is 2. The van der Waals surface area contributed by atoms with Gasteiger partial charge in [0, 0.05) is 17.2 Å². The second-order valence-corrected chi connectivity index (χ2v) is 6.97. The molecule has 0 unspecified atom stereocenters. The van der Waals surface area contributed by atoms with Crippen molar-refractivity contribution in [2.75, 3.05) is 5.43 Å². The van der Waals surface area contributed by atoms with E-state index in [-0.39, 0.29) is 22.6 Å². The van der Waals surface area contributed by atoms with Crippen molar-refractivity contribution in [3.8, 4) is 0 Å². The smallest absolute Gasteiger partial charge is 0.273 e. The number of rotatable bonds is 4. The maximum absolute atomic E-state index is 13.4. The Morgan fingerprint density at radius 2 is 1.64 bits per heavy atom. The summed E-state index contributed by atoms with van der Waals surface area (Å²) in [4.78, 5) is 25.4. The zero-order valence-corrected chi connectivity index (χ0v) is 14.7. The van der Waals surface area contributed by atoms with Crippen LogP contribution >= 0.6 is 0 Å². The Hall–Kier alpha value is -3.16. The Morgan fingerprint density at radius 3 is 2.25 bits per heavy atom. The number of carbonyl (C=O) groups excluding carboxylic acids is 1. The van der Waals surface area contributed by atoms with Crippen molar-refractivity contribution in [1.82, 2.24) is 9.89 Å². The molecule has 5 nitrogen and oxygen atoms in total. The van der Waals surface area contributed by atoms with E-state index in [0.29, 0.717) is 4.79 Å². The van der Waals surface area contributed by atoms with Gasteiger partial charge in [0.25, 0.3) is 5.56 Å². The fraction of sp³-hybridized carbons (Fsp3) is 0.250. The van der Waals surface area contributed by atoms with Crippen LogP contribution in [0.25, 0.3) is 10.8 Å². The lowest BCUT2D eigenvalue weighted by Gasteiger charge is -2.17. The van der Waals surface area contributed by atoms with Crippen molar-refractivity contribution >= 4 is 16.7 Å². The van der Waals surface area contributed by atoms with Crippen molar-refractivity contribution in [1.29, 1.82) is 0 Å². The summed E-state index contributed by atoms with van der Waals surface area (Å²) in [5, 5.41) is 2.93. The van der Waals surface area contributed by atoms with Gasteiger partial charge in [-0.2, -0.15) is 13.2 Å². The van der Waals surface area contributed by atoms with Crippen LogP contribution in [-0.2, 0) is 16.4 Å². The standard InChI is InChI=1S/C20H16F3N3O2/c21-20(22,23)17-14-8-4-5-9-15(14)18(28)26(25-17)24-16(27)12-19(10-11-19)13-6-2-1-3-7-13/h1-9H,10-12H2,(H,24,27). The van der Waals surface area contributed by atoms with E-state index in [1.165, 1.54) is 24.3 Å². The predicted molar refractivity (Wildman–Crippen MR) is 97.3 cm³/mol. The number of fused-ring (bicyclic) bond motifs is 1. The summed E-state index contributed by atoms with van der Waals surface area (Å²) in [6, 6.07) is 14.8. The molecule has 0 radical (unpaired) electrons. The molecule has 28 heavy (non-hydrogen) atoms. The van der Waals surface area contributed by atoms with Gasteiger partial charge in [-0.15, -0.1) is 9.89 Å². The highest BCUT2D eigenvalue weighted by atomic mass is 19.4. The van der Waals surface area contributed by atoms with Gasteiger partial charge in [0.2, 0.25) is 5.91 Å². The normalized spacial score (nSPS) is 15.4. The van der Waals surface area contributed by atoms with Gasteiger partial charge in [-0.1, -0.05) is 48.5 Å². The minimum atomic E-state index is -4.76. The topological polar surface area (TPSA) is 64.0 Å². The fourth-order valence-corrected chi connectivity index (χ4v) is 3.45. The molecule has 1 amide bonds. The Balaban J connectivity index is 1.66. The monoisotopic (exact) mass is 387 g/mol. The van der Waals surface area contributed by atoms with Crippen LogP contribution < -0.4 is 11.0 Å². The molecule has 1 N–H and O–H groups in total. The highest BCUT2D eigenvalue weighted by Crippen LogP contribution is 2.50. The van der Waals surface area contributed by atoms with Crippen LogP contribution in [0.2, 0.25) is 0 Å². The average Bonchev–Trinajstić information content (AvgIpc) is 3.44. The predicted octanol–water partition coefficient (Wildman–Crippen LogP) is 3.61. The molecular weight excluding hydrogens is 371 g/mol. The van der Waals surface area contributed by atoms with E-state index in [2.05, 4.69) is 10.5 Å². The van der Waals surface area contributed by atoms with Gasteiger partial charge in [0.1, 0.15) is 0 Å². The van der Waals surface area contributed by atoms with Gasteiger partial charge >= 0.3 is 6.18 Å². The number of alkyl halides is 3. The molecule has 0 spiro atoms. The molecule has 8 heteroatoms. The van der Waals surface area contributed by atoms with Gasteiger partial charge in [0.15, 0.2) is 5.69 Å². The average molecular weight is 387 g/mol. The largest absolute Gasteiger partial charge is 0.435 e. The van der Waals surface area contributed by atoms with Crippen LogP contribution in [-0.4, -0.2) is 15.8 Å². The van der Waals surface area contributed by atoms with E-state index in [1.807, 2.05) is 30.3 Å². The summed E-state index contributed by atoms with van der Waals surface area (Å²) in [6.45, 7) is 0. The van der Waals surface area contributed by atoms with Crippen LogP contribution in [0.3, 0.4) is 0 Å². The summed E-state index contributed by atoms with van der Waals surface area (Å²) in [5.74, 6) is -0.556.